The molecule has 1 heterocycles. The van der Waals surface area contributed by atoms with Crippen molar-refractivity contribution in [3.8, 4) is 0 Å². The van der Waals surface area contributed by atoms with E-state index >= 15 is 0 Å². The van der Waals surface area contributed by atoms with E-state index in [0.29, 0.717) is 0 Å². The highest BCUT2D eigenvalue weighted by molar-refractivity contribution is 7.46. The minimum atomic E-state index is -4.60. The lowest BCUT2D eigenvalue weighted by Gasteiger charge is -2.16. The first-order chi connectivity index (χ1) is 6.38. The summed E-state index contributed by atoms with van der Waals surface area (Å²) in [4.78, 5) is 27.2. The molecule has 0 spiro atoms. The van der Waals surface area contributed by atoms with Gasteiger partial charge < -0.3 is 19.6 Å². The average Bonchev–Trinajstić information content (AvgIpc) is 2.46. The van der Waals surface area contributed by atoms with Gasteiger partial charge in [-0.2, -0.15) is 0 Å². The third-order valence-corrected chi connectivity index (χ3v) is 1.95. The van der Waals surface area contributed by atoms with Crippen LogP contribution in [0.25, 0.3) is 0 Å². The Kier molecular flexibility index (Phi) is 3.41. The van der Waals surface area contributed by atoms with Gasteiger partial charge in [0.2, 0.25) is 0 Å². The number of phosphoric acid groups is 1. The Hall–Kier alpha value is -0.720. The van der Waals surface area contributed by atoms with Gasteiger partial charge in [-0.05, 0) is 6.08 Å². The number of carbonyl (C=O) groups is 1. The Morgan fingerprint density at radius 2 is 2.29 bits per heavy atom. The third-order valence-electron chi connectivity index (χ3n) is 1.47. The van der Waals surface area contributed by atoms with E-state index in [4.69, 9.17) is 9.79 Å². The molecule has 0 bridgehead atoms. The first kappa shape index (κ1) is 11.4. The van der Waals surface area contributed by atoms with Crippen molar-refractivity contribution in [1.82, 2.24) is 0 Å². The van der Waals surface area contributed by atoms with Gasteiger partial charge in [-0.3, -0.25) is 4.52 Å². The zero-order chi connectivity index (χ0) is 10.8. The quantitative estimate of drug-likeness (QED) is 0.412. The van der Waals surface area contributed by atoms with Crippen LogP contribution in [0, 0.1) is 0 Å². The number of carbonyl (C=O) groups excluding carboxylic acids is 1. The molecule has 0 aromatic carbocycles. The van der Waals surface area contributed by atoms with Crippen LogP contribution in [0.4, 0.5) is 0 Å². The van der Waals surface area contributed by atoms with E-state index in [1.807, 2.05) is 0 Å². The molecule has 1 aliphatic rings. The molecule has 14 heavy (non-hydrogen) atoms. The highest BCUT2D eigenvalue weighted by Gasteiger charge is 2.27. The van der Waals surface area contributed by atoms with Crippen molar-refractivity contribution in [3.05, 3.63) is 12.2 Å². The van der Waals surface area contributed by atoms with Gasteiger partial charge in [-0.15, -0.1) is 0 Å². The van der Waals surface area contributed by atoms with Crippen LogP contribution in [0.3, 0.4) is 0 Å². The Morgan fingerprint density at radius 1 is 1.64 bits per heavy atom. The van der Waals surface area contributed by atoms with Gasteiger partial charge in [0.15, 0.2) is 0 Å². The first-order valence-corrected chi connectivity index (χ1v) is 5.18. The van der Waals surface area contributed by atoms with Crippen LogP contribution in [-0.4, -0.2) is 39.7 Å². The van der Waals surface area contributed by atoms with Crippen LogP contribution < -0.4 is 0 Å². The Bertz CT molecular complexity index is 293. The van der Waals surface area contributed by atoms with E-state index in [-0.39, 0.29) is 0 Å². The number of cyclic esters (lactones) is 1. The molecule has 0 amide bonds. The summed E-state index contributed by atoms with van der Waals surface area (Å²) in [5.74, 6) is -0.606. The van der Waals surface area contributed by atoms with Gasteiger partial charge in [0.25, 0.3) is 0 Å². The topological polar surface area (TPSA) is 113 Å². The average molecular weight is 224 g/mol. The summed E-state index contributed by atoms with van der Waals surface area (Å²) in [5.41, 5.74) is 0. The smallest absolute Gasteiger partial charge is 0.452 e. The molecule has 0 fully saturated rings. The number of esters is 1. The zero-order valence-electron chi connectivity index (χ0n) is 6.94. The van der Waals surface area contributed by atoms with Crippen LogP contribution in [0.1, 0.15) is 0 Å². The normalized spacial score (nSPS) is 23.6. The highest BCUT2D eigenvalue weighted by atomic mass is 31.2. The summed E-state index contributed by atoms with van der Waals surface area (Å²) in [7, 11) is -4.60. The number of aliphatic hydroxyl groups is 1. The number of hydrogen-bond donors (Lipinski definition) is 3. The summed E-state index contributed by atoms with van der Waals surface area (Å²) >= 11 is 0. The van der Waals surface area contributed by atoms with Crippen molar-refractivity contribution < 1.29 is 33.5 Å². The molecular formula is C6H9O7P. The van der Waals surface area contributed by atoms with E-state index in [0.717, 1.165) is 6.08 Å². The molecule has 7 nitrogen and oxygen atoms in total. The van der Waals surface area contributed by atoms with Gasteiger partial charge in [0.1, 0.15) is 12.2 Å². The maximum atomic E-state index is 10.5. The van der Waals surface area contributed by atoms with Gasteiger partial charge in [0.05, 0.1) is 6.61 Å². The maximum absolute atomic E-state index is 10.5. The van der Waals surface area contributed by atoms with Gasteiger partial charge in [-0.25, -0.2) is 9.36 Å². The number of phosphoric ester groups is 1. The second-order valence-corrected chi connectivity index (χ2v) is 3.85. The second kappa shape index (κ2) is 4.20. The molecule has 0 saturated heterocycles. The highest BCUT2D eigenvalue weighted by Crippen LogP contribution is 2.36. The van der Waals surface area contributed by atoms with E-state index < -0.39 is 32.6 Å². The van der Waals surface area contributed by atoms with Crippen molar-refractivity contribution in [3.63, 3.8) is 0 Å². The van der Waals surface area contributed by atoms with Crippen LogP contribution in [0.2, 0.25) is 0 Å². The molecule has 2 atom stereocenters. The molecule has 8 heteroatoms. The van der Waals surface area contributed by atoms with E-state index in [1.54, 1.807) is 0 Å². The molecule has 0 unspecified atom stereocenters. The molecule has 1 rings (SSSR count). The molecule has 0 aliphatic carbocycles. The standard InChI is InChI=1S/C6H9O7P/c7-4(3-12-14(9,10)11)5-1-2-6(8)13-5/h1-2,4-5,7H,3H2,(H2,9,10,11)/t4-,5-/m0/s1. The van der Waals surface area contributed by atoms with Crippen molar-refractivity contribution in [2.45, 2.75) is 12.2 Å². The van der Waals surface area contributed by atoms with Crippen LogP contribution in [0.5, 0.6) is 0 Å². The van der Waals surface area contributed by atoms with Crippen molar-refractivity contribution in [2.75, 3.05) is 6.61 Å². The molecule has 1 aliphatic heterocycles. The third kappa shape index (κ3) is 3.57. The number of hydrogen-bond acceptors (Lipinski definition) is 5. The van der Waals surface area contributed by atoms with Crippen LogP contribution >= 0.6 is 7.82 Å². The fourth-order valence-electron chi connectivity index (χ4n) is 0.861. The second-order valence-electron chi connectivity index (χ2n) is 2.61. The Morgan fingerprint density at radius 3 is 2.71 bits per heavy atom. The number of ether oxygens (including phenoxy) is 1. The Labute approximate surface area is 79.2 Å². The monoisotopic (exact) mass is 224 g/mol. The molecule has 0 aromatic rings. The van der Waals surface area contributed by atoms with Crippen LogP contribution in [0.15, 0.2) is 12.2 Å². The molecule has 0 aromatic heterocycles. The van der Waals surface area contributed by atoms with E-state index in [2.05, 4.69) is 9.26 Å². The lowest BCUT2D eigenvalue weighted by molar-refractivity contribution is -0.143. The lowest BCUT2D eigenvalue weighted by Crippen LogP contribution is -2.29. The minimum Gasteiger partial charge on any atom is -0.452 e. The van der Waals surface area contributed by atoms with Crippen LogP contribution in [-0.2, 0) is 18.6 Å². The summed E-state index contributed by atoms with van der Waals surface area (Å²) in [6, 6.07) is 0. The number of aliphatic hydroxyl groups excluding tert-OH is 1. The van der Waals surface area contributed by atoms with Crippen molar-refractivity contribution >= 4 is 13.8 Å². The number of rotatable bonds is 4. The fraction of sp³-hybridized carbons (Fsp3) is 0.500. The van der Waals surface area contributed by atoms with E-state index in [1.165, 1.54) is 6.08 Å². The summed E-state index contributed by atoms with van der Waals surface area (Å²) in [6.07, 6.45) is 0.209. The largest absolute Gasteiger partial charge is 0.469 e. The molecular weight excluding hydrogens is 215 g/mol. The molecule has 0 saturated carbocycles. The summed E-state index contributed by atoms with van der Waals surface area (Å²) in [6.45, 7) is -0.605. The molecule has 80 valence electrons. The van der Waals surface area contributed by atoms with Gasteiger partial charge >= 0.3 is 13.8 Å². The minimum absolute atomic E-state index is 0.605. The SMILES string of the molecule is O=C1C=C[C@@H]([C@@H](O)COP(=O)(O)O)O1. The fourth-order valence-corrected chi connectivity index (χ4v) is 1.21. The van der Waals surface area contributed by atoms with Crippen molar-refractivity contribution in [1.29, 1.82) is 0 Å². The summed E-state index contributed by atoms with van der Waals surface area (Å²) in [5, 5.41) is 9.23. The Balaban J connectivity index is 2.36. The van der Waals surface area contributed by atoms with Gasteiger partial charge in [-0.1, -0.05) is 0 Å². The zero-order valence-corrected chi connectivity index (χ0v) is 7.83. The van der Waals surface area contributed by atoms with Gasteiger partial charge in [0, 0.05) is 6.08 Å². The molecule has 0 radical (unpaired) electrons. The molecule has 3 N–H and O–H groups in total. The van der Waals surface area contributed by atoms with E-state index in [9.17, 15) is 14.5 Å². The maximum Gasteiger partial charge on any atom is 0.469 e. The van der Waals surface area contributed by atoms with Crippen molar-refractivity contribution in [2.24, 2.45) is 0 Å². The summed E-state index contributed by atoms with van der Waals surface area (Å²) < 4.78 is 18.8. The lowest BCUT2D eigenvalue weighted by atomic mass is 10.2. The predicted octanol–water partition coefficient (Wildman–Crippen LogP) is -1.06. The first-order valence-electron chi connectivity index (χ1n) is 3.65. The predicted molar refractivity (Wildman–Crippen MR) is 43.0 cm³/mol.